The molecule has 0 radical (unpaired) electrons. The van der Waals surface area contributed by atoms with Gasteiger partial charge in [0.05, 0.1) is 0 Å². The van der Waals surface area contributed by atoms with E-state index in [1.54, 1.807) is 24.3 Å². The van der Waals surface area contributed by atoms with Gasteiger partial charge >= 0.3 is 0 Å². The summed E-state index contributed by atoms with van der Waals surface area (Å²) in [5.41, 5.74) is 2.37. The highest BCUT2D eigenvalue weighted by molar-refractivity contribution is 6.68. The molecule has 2 amide bonds. The molecule has 3 rings (SSSR count). The van der Waals surface area contributed by atoms with E-state index in [2.05, 4.69) is 10.6 Å². The minimum absolute atomic E-state index is 0.328. The maximum absolute atomic E-state index is 12.3. The standard InChI is InChI=1S/C22H14Cl2N2O4/c23-19(27)13-5-9-17(10-6-13)25-21(29)15-1-2-16(4-3-15)22(30)26-18-11-7-14(8-12-18)20(24)28/h1-12H,(H,25,29)(H,26,30). The average molecular weight is 441 g/mol. The second-order valence-corrected chi connectivity index (χ2v) is 6.87. The molecule has 30 heavy (non-hydrogen) atoms. The van der Waals surface area contributed by atoms with E-state index < -0.39 is 10.5 Å². The molecule has 0 bridgehead atoms. The minimum atomic E-state index is -0.578. The number of carbonyl (C=O) groups excluding carboxylic acids is 4. The minimum Gasteiger partial charge on any atom is -0.322 e. The van der Waals surface area contributed by atoms with Gasteiger partial charge in [-0.15, -0.1) is 0 Å². The van der Waals surface area contributed by atoms with Crippen molar-refractivity contribution >= 4 is 56.9 Å². The lowest BCUT2D eigenvalue weighted by molar-refractivity contribution is 0.101. The summed E-state index contributed by atoms with van der Waals surface area (Å²) >= 11 is 10.8. The van der Waals surface area contributed by atoms with E-state index in [-0.39, 0.29) is 11.8 Å². The third-order valence-electron chi connectivity index (χ3n) is 4.15. The Morgan fingerprint density at radius 3 is 1.00 bits per heavy atom. The Kier molecular flexibility index (Phi) is 6.61. The Labute approximate surface area is 181 Å². The highest BCUT2D eigenvalue weighted by Gasteiger charge is 2.11. The molecule has 0 spiro atoms. The SMILES string of the molecule is O=C(Cl)c1ccc(NC(=O)c2ccc(C(=O)Nc3ccc(C(=O)Cl)cc3)cc2)cc1. The third-order valence-corrected chi connectivity index (χ3v) is 4.59. The maximum Gasteiger partial charge on any atom is 0.255 e. The molecule has 0 unspecified atom stereocenters. The Morgan fingerprint density at radius 2 is 0.733 bits per heavy atom. The van der Waals surface area contributed by atoms with Crippen LogP contribution in [0.25, 0.3) is 0 Å². The van der Waals surface area contributed by atoms with Crippen LogP contribution in [0, 0.1) is 0 Å². The molecule has 3 aromatic rings. The van der Waals surface area contributed by atoms with Crippen LogP contribution in [0.1, 0.15) is 41.4 Å². The van der Waals surface area contributed by atoms with Crippen molar-refractivity contribution in [3.8, 4) is 0 Å². The van der Waals surface area contributed by atoms with Gasteiger partial charge in [-0.1, -0.05) is 0 Å². The Hall–Kier alpha value is -3.48. The van der Waals surface area contributed by atoms with Crippen LogP contribution in [0.4, 0.5) is 11.4 Å². The first-order valence-corrected chi connectivity index (χ1v) is 9.41. The fraction of sp³-hybridized carbons (Fsp3) is 0. The van der Waals surface area contributed by atoms with Crippen LogP contribution >= 0.6 is 23.2 Å². The number of anilines is 2. The lowest BCUT2D eigenvalue weighted by Gasteiger charge is -2.08. The number of carbonyl (C=O) groups is 4. The quantitative estimate of drug-likeness (QED) is 0.530. The van der Waals surface area contributed by atoms with Crippen molar-refractivity contribution in [2.24, 2.45) is 0 Å². The molecule has 0 heterocycles. The van der Waals surface area contributed by atoms with Crippen LogP contribution in [-0.4, -0.2) is 22.3 Å². The second kappa shape index (κ2) is 9.35. The molecule has 2 N–H and O–H groups in total. The Balaban J connectivity index is 1.63. The monoisotopic (exact) mass is 440 g/mol. The fourth-order valence-corrected chi connectivity index (χ4v) is 2.80. The van der Waals surface area contributed by atoms with Crippen molar-refractivity contribution in [1.29, 1.82) is 0 Å². The summed E-state index contributed by atoms with van der Waals surface area (Å²) < 4.78 is 0. The van der Waals surface area contributed by atoms with Gasteiger partial charge in [0, 0.05) is 33.6 Å². The zero-order valence-electron chi connectivity index (χ0n) is 15.3. The molecule has 0 aliphatic carbocycles. The Bertz CT molecular complexity index is 1020. The highest BCUT2D eigenvalue weighted by atomic mass is 35.5. The van der Waals surface area contributed by atoms with Gasteiger partial charge < -0.3 is 10.6 Å². The van der Waals surface area contributed by atoms with E-state index in [4.69, 9.17) is 23.2 Å². The molecule has 0 atom stereocenters. The number of hydrogen-bond acceptors (Lipinski definition) is 4. The number of hydrogen-bond donors (Lipinski definition) is 2. The summed E-state index contributed by atoms with van der Waals surface area (Å²) in [6, 6.07) is 18.4. The lowest BCUT2D eigenvalue weighted by Crippen LogP contribution is -2.14. The number of halogens is 2. The number of nitrogens with one attached hydrogen (secondary N) is 2. The van der Waals surface area contributed by atoms with Crippen molar-refractivity contribution in [1.82, 2.24) is 0 Å². The van der Waals surface area contributed by atoms with Crippen molar-refractivity contribution in [2.75, 3.05) is 10.6 Å². The summed E-state index contributed by atoms with van der Waals surface area (Å²) in [6.45, 7) is 0. The molecule has 0 fully saturated rings. The van der Waals surface area contributed by atoms with Crippen LogP contribution < -0.4 is 10.6 Å². The first kappa shape index (κ1) is 21.2. The predicted molar refractivity (Wildman–Crippen MR) is 116 cm³/mol. The fourth-order valence-electron chi connectivity index (χ4n) is 2.55. The van der Waals surface area contributed by atoms with Crippen molar-refractivity contribution < 1.29 is 19.2 Å². The molecule has 0 aromatic heterocycles. The van der Waals surface area contributed by atoms with E-state index in [0.717, 1.165) is 0 Å². The van der Waals surface area contributed by atoms with Gasteiger partial charge in [-0.2, -0.15) is 0 Å². The number of rotatable bonds is 6. The molecule has 150 valence electrons. The molecule has 8 heteroatoms. The lowest BCUT2D eigenvalue weighted by atomic mass is 10.1. The van der Waals surface area contributed by atoms with Gasteiger partial charge in [0.25, 0.3) is 22.3 Å². The molecule has 0 saturated carbocycles. The van der Waals surface area contributed by atoms with Crippen molar-refractivity contribution in [2.45, 2.75) is 0 Å². The topological polar surface area (TPSA) is 92.3 Å². The highest BCUT2D eigenvalue weighted by Crippen LogP contribution is 2.15. The van der Waals surface area contributed by atoms with Crippen molar-refractivity contribution in [3.63, 3.8) is 0 Å². The van der Waals surface area contributed by atoms with Gasteiger partial charge in [0.2, 0.25) is 0 Å². The Morgan fingerprint density at radius 1 is 0.467 bits per heavy atom. The van der Waals surface area contributed by atoms with E-state index in [0.29, 0.717) is 33.6 Å². The number of benzene rings is 3. The zero-order valence-corrected chi connectivity index (χ0v) is 16.8. The van der Waals surface area contributed by atoms with Crippen LogP contribution in [0.2, 0.25) is 0 Å². The van der Waals surface area contributed by atoms with Crippen LogP contribution in [0.3, 0.4) is 0 Å². The molecule has 0 saturated heterocycles. The first-order valence-electron chi connectivity index (χ1n) is 8.66. The van der Waals surface area contributed by atoms with E-state index in [9.17, 15) is 19.2 Å². The van der Waals surface area contributed by atoms with E-state index in [1.165, 1.54) is 48.5 Å². The first-order chi connectivity index (χ1) is 14.3. The summed E-state index contributed by atoms with van der Waals surface area (Å²) in [7, 11) is 0. The van der Waals surface area contributed by atoms with E-state index in [1.807, 2.05) is 0 Å². The van der Waals surface area contributed by atoms with Crippen LogP contribution in [-0.2, 0) is 0 Å². The van der Waals surface area contributed by atoms with Gasteiger partial charge in [0.1, 0.15) is 0 Å². The van der Waals surface area contributed by atoms with Crippen LogP contribution in [0.5, 0.6) is 0 Å². The normalized spacial score (nSPS) is 10.2. The van der Waals surface area contributed by atoms with Gasteiger partial charge in [-0.05, 0) is 96.0 Å². The summed E-state index contributed by atoms with van der Waals surface area (Å²) in [4.78, 5) is 46.8. The largest absolute Gasteiger partial charge is 0.322 e. The molecular weight excluding hydrogens is 427 g/mol. The molecule has 0 aliphatic heterocycles. The van der Waals surface area contributed by atoms with Crippen LogP contribution in [0.15, 0.2) is 72.8 Å². The molecule has 0 aliphatic rings. The molecule has 6 nitrogen and oxygen atoms in total. The summed E-state index contributed by atoms with van der Waals surface area (Å²) in [6.07, 6.45) is 0. The molecular formula is C22H14Cl2N2O4. The maximum atomic E-state index is 12.3. The summed E-state index contributed by atoms with van der Waals surface area (Å²) in [5, 5.41) is 4.23. The van der Waals surface area contributed by atoms with Crippen molar-refractivity contribution in [3.05, 3.63) is 95.1 Å². The zero-order chi connectivity index (χ0) is 21.7. The summed E-state index contributed by atoms with van der Waals surface area (Å²) in [5.74, 6) is -0.735. The third kappa shape index (κ3) is 5.31. The smallest absolute Gasteiger partial charge is 0.255 e. The van der Waals surface area contributed by atoms with E-state index >= 15 is 0 Å². The average Bonchev–Trinajstić information content (AvgIpc) is 2.74. The number of amides is 2. The van der Waals surface area contributed by atoms with Gasteiger partial charge in [-0.3, -0.25) is 19.2 Å². The molecule has 3 aromatic carbocycles. The second-order valence-electron chi connectivity index (χ2n) is 6.19. The van der Waals surface area contributed by atoms with Gasteiger partial charge in [-0.25, -0.2) is 0 Å². The van der Waals surface area contributed by atoms with Gasteiger partial charge in [0.15, 0.2) is 0 Å². The predicted octanol–water partition coefficient (Wildman–Crippen LogP) is 4.95.